The number of H-pyrrole nitrogens is 1. The Bertz CT molecular complexity index is 688. The van der Waals surface area contributed by atoms with Gasteiger partial charge in [0.2, 0.25) is 0 Å². The van der Waals surface area contributed by atoms with E-state index in [0.29, 0.717) is 12.2 Å². The second-order valence-electron chi connectivity index (χ2n) is 5.76. The van der Waals surface area contributed by atoms with Crippen LogP contribution < -0.4 is 0 Å². The number of benzene rings is 1. The topological polar surface area (TPSA) is 77.8 Å². The molecule has 1 aliphatic rings. The fourth-order valence-corrected chi connectivity index (χ4v) is 2.84. The Morgan fingerprint density at radius 1 is 1.43 bits per heavy atom. The zero-order valence-electron chi connectivity index (χ0n) is 13.5. The van der Waals surface area contributed by atoms with Crippen LogP contribution in [-0.4, -0.2) is 39.8 Å². The summed E-state index contributed by atoms with van der Waals surface area (Å²) < 4.78 is 5.84. The van der Waals surface area contributed by atoms with Crippen LogP contribution in [0.4, 0.5) is 0 Å². The van der Waals surface area contributed by atoms with Crippen LogP contribution >= 0.6 is 0 Å². The summed E-state index contributed by atoms with van der Waals surface area (Å²) >= 11 is 0. The van der Waals surface area contributed by atoms with Crippen molar-refractivity contribution in [2.24, 2.45) is 0 Å². The van der Waals surface area contributed by atoms with Gasteiger partial charge in [0.1, 0.15) is 11.9 Å². The van der Waals surface area contributed by atoms with E-state index >= 15 is 0 Å². The van der Waals surface area contributed by atoms with Crippen molar-refractivity contribution in [2.75, 3.05) is 19.7 Å². The Balaban J connectivity index is 1.70. The van der Waals surface area contributed by atoms with E-state index < -0.39 is 0 Å². The summed E-state index contributed by atoms with van der Waals surface area (Å²) in [4.78, 5) is 6.86. The second kappa shape index (κ2) is 6.90. The molecule has 2 heterocycles. The number of nitriles is 1. The minimum atomic E-state index is -0.0962. The van der Waals surface area contributed by atoms with Crippen molar-refractivity contribution >= 4 is 0 Å². The molecule has 0 unspecified atom stereocenters. The number of ether oxygens (including phenoxy) is 1. The first-order chi connectivity index (χ1) is 11.2. The molecular weight excluding hydrogens is 290 g/mol. The van der Waals surface area contributed by atoms with E-state index in [9.17, 15) is 0 Å². The summed E-state index contributed by atoms with van der Waals surface area (Å²) in [6.45, 7) is 6.54. The summed E-state index contributed by atoms with van der Waals surface area (Å²) in [6, 6.07) is 10.2. The summed E-state index contributed by atoms with van der Waals surface area (Å²) in [5.74, 6) is 1.62. The maximum absolute atomic E-state index is 8.91. The van der Waals surface area contributed by atoms with Gasteiger partial charge in [0.15, 0.2) is 5.82 Å². The molecule has 1 N–H and O–H groups in total. The molecule has 2 aromatic rings. The molecule has 1 saturated heterocycles. The van der Waals surface area contributed by atoms with E-state index in [1.165, 1.54) is 5.56 Å². The van der Waals surface area contributed by atoms with Gasteiger partial charge >= 0.3 is 0 Å². The van der Waals surface area contributed by atoms with Gasteiger partial charge < -0.3 is 4.74 Å². The molecule has 1 aromatic heterocycles. The SMILES string of the molecule is CCc1nc([C@H]2CN([C@@H](C)c3ccc(C#N)cc3)CCO2)n[nH]1. The number of nitrogens with one attached hydrogen (secondary N) is 1. The van der Waals surface area contributed by atoms with Gasteiger partial charge in [-0.25, -0.2) is 4.98 Å². The Hall–Kier alpha value is -2.23. The molecule has 6 nitrogen and oxygen atoms in total. The molecule has 2 atom stereocenters. The molecule has 0 spiro atoms. The van der Waals surface area contributed by atoms with Crippen LogP contribution in [0.2, 0.25) is 0 Å². The van der Waals surface area contributed by atoms with Gasteiger partial charge in [0.25, 0.3) is 0 Å². The molecule has 1 aliphatic heterocycles. The largest absolute Gasteiger partial charge is 0.367 e. The number of aromatic nitrogens is 3. The van der Waals surface area contributed by atoms with E-state index in [1.54, 1.807) is 0 Å². The molecule has 6 heteroatoms. The molecular formula is C17H21N5O. The average molecular weight is 311 g/mol. The summed E-state index contributed by atoms with van der Waals surface area (Å²) in [5.41, 5.74) is 1.89. The maximum atomic E-state index is 8.91. The minimum absolute atomic E-state index is 0.0962. The highest BCUT2D eigenvalue weighted by Crippen LogP contribution is 2.27. The van der Waals surface area contributed by atoms with Crippen molar-refractivity contribution in [3.05, 3.63) is 47.0 Å². The van der Waals surface area contributed by atoms with Crippen molar-refractivity contribution < 1.29 is 4.74 Å². The molecule has 0 radical (unpaired) electrons. The van der Waals surface area contributed by atoms with Crippen molar-refractivity contribution in [2.45, 2.75) is 32.4 Å². The second-order valence-corrected chi connectivity index (χ2v) is 5.76. The Labute approximate surface area is 136 Å². The monoisotopic (exact) mass is 311 g/mol. The summed E-state index contributed by atoms with van der Waals surface area (Å²) in [7, 11) is 0. The molecule has 0 aliphatic carbocycles. The number of morpholine rings is 1. The smallest absolute Gasteiger partial charge is 0.180 e. The number of hydrogen-bond donors (Lipinski definition) is 1. The van der Waals surface area contributed by atoms with Gasteiger partial charge in [-0.2, -0.15) is 10.4 Å². The number of hydrogen-bond acceptors (Lipinski definition) is 5. The molecule has 0 saturated carbocycles. The number of aromatic amines is 1. The standard InChI is InChI=1S/C17H21N5O/c1-3-16-19-17(21-20-16)15-11-22(8-9-23-15)12(2)14-6-4-13(10-18)5-7-14/h4-7,12,15H,3,8-9,11H2,1-2H3,(H,19,20,21)/t12-,15+/m0/s1. The predicted octanol–water partition coefficient (Wildman–Crippen LogP) is 2.37. The van der Waals surface area contributed by atoms with Gasteiger partial charge in [-0.05, 0) is 24.6 Å². The first-order valence-electron chi connectivity index (χ1n) is 7.98. The molecule has 23 heavy (non-hydrogen) atoms. The molecule has 3 rings (SSSR count). The van der Waals surface area contributed by atoms with Gasteiger partial charge in [-0.15, -0.1) is 0 Å². The first kappa shape index (κ1) is 15.7. The first-order valence-corrected chi connectivity index (χ1v) is 7.98. The van der Waals surface area contributed by atoms with E-state index in [4.69, 9.17) is 10.00 Å². The molecule has 1 fully saturated rings. The van der Waals surface area contributed by atoms with Gasteiger partial charge in [0.05, 0.1) is 18.2 Å². The van der Waals surface area contributed by atoms with Crippen LogP contribution in [0.3, 0.4) is 0 Å². The minimum Gasteiger partial charge on any atom is -0.367 e. The highest BCUT2D eigenvalue weighted by molar-refractivity contribution is 5.32. The van der Waals surface area contributed by atoms with Crippen LogP contribution in [0.15, 0.2) is 24.3 Å². The Morgan fingerprint density at radius 3 is 2.87 bits per heavy atom. The predicted molar refractivity (Wildman–Crippen MR) is 85.6 cm³/mol. The van der Waals surface area contributed by atoms with Crippen LogP contribution in [0.25, 0.3) is 0 Å². The lowest BCUT2D eigenvalue weighted by atomic mass is 10.0. The number of nitrogens with zero attached hydrogens (tertiary/aromatic N) is 4. The van der Waals surface area contributed by atoms with E-state index in [-0.39, 0.29) is 12.1 Å². The zero-order valence-corrected chi connectivity index (χ0v) is 13.5. The van der Waals surface area contributed by atoms with Crippen molar-refractivity contribution in [3.8, 4) is 6.07 Å². The lowest BCUT2D eigenvalue weighted by Gasteiger charge is -2.36. The van der Waals surface area contributed by atoms with E-state index in [2.05, 4.69) is 33.1 Å². The van der Waals surface area contributed by atoms with Crippen molar-refractivity contribution in [3.63, 3.8) is 0 Å². The van der Waals surface area contributed by atoms with Crippen LogP contribution in [0.1, 0.15) is 48.8 Å². The lowest BCUT2D eigenvalue weighted by Crippen LogP contribution is -2.40. The average Bonchev–Trinajstić information content (AvgIpc) is 3.10. The van der Waals surface area contributed by atoms with Crippen LogP contribution in [0.5, 0.6) is 0 Å². The third kappa shape index (κ3) is 3.41. The van der Waals surface area contributed by atoms with Crippen LogP contribution in [0, 0.1) is 11.3 Å². The van der Waals surface area contributed by atoms with Crippen molar-refractivity contribution in [1.29, 1.82) is 5.26 Å². The molecule has 0 bridgehead atoms. The zero-order chi connectivity index (χ0) is 16.2. The fraction of sp³-hybridized carbons (Fsp3) is 0.471. The highest BCUT2D eigenvalue weighted by Gasteiger charge is 2.28. The third-order valence-corrected chi connectivity index (χ3v) is 4.34. The molecule has 120 valence electrons. The number of rotatable bonds is 4. The van der Waals surface area contributed by atoms with Crippen molar-refractivity contribution in [1.82, 2.24) is 20.1 Å². The third-order valence-electron chi connectivity index (χ3n) is 4.34. The quantitative estimate of drug-likeness (QED) is 0.938. The fourth-order valence-electron chi connectivity index (χ4n) is 2.84. The number of aryl methyl sites for hydroxylation is 1. The summed E-state index contributed by atoms with van der Waals surface area (Å²) in [5, 5.41) is 16.1. The van der Waals surface area contributed by atoms with Gasteiger partial charge in [-0.1, -0.05) is 19.1 Å². The van der Waals surface area contributed by atoms with E-state index in [0.717, 1.165) is 31.2 Å². The highest BCUT2D eigenvalue weighted by atomic mass is 16.5. The van der Waals surface area contributed by atoms with Gasteiger partial charge in [-0.3, -0.25) is 10.00 Å². The molecule has 0 amide bonds. The Morgan fingerprint density at radius 2 is 2.22 bits per heavy atom. The lowest BCUT2D eigenvalue weighted by molar-refractivity contribution is -0.0470. The maximum Gasteiger partial charge on any atom is 0.180 e. The van der Waals surface area contributed by atoms with Gasteiger partial charge in [0, 0.05) is 25.6 Å². The Kier molecular flexibility index (Phi) is 4.70. The summed E-state index contributed by atoms with van der Waals surface area (Å²) in [6.07, 6.45) is 0.742. The van der Waals surface area contributed by atoms with E-state index in [1.807, 2.05) is 31.2 Å². The molecule has 1 aromatic carbocycles. The van der Waals surface area contributed by atoms with Crippen LogP contribution in [-0.2, 0) is 11.2 Å². The normalized spacial score (nSPS) is 20.1.